The average Bonchev–Trinajstić information content (AvgIpc) is 3.06. The van der Waals surface area contributed by atoms with E-state index < -0.39 is 5.91 Å². The third kappa shape index (κ3) is 6.34. The summed E-state index contributed by atoms with van der Waals surface area (Å²) in [6.07, 6.45) is 4.69. The van der Waals surface area contributed by atoms with E-state index in [-0.39, 0.29) is 5.91 Å². The molecule has 3 N–H and O–H groups in total. The molecule has 0 radical (unpaired) electrons. The first-order valence-corrected chi connectivity index (χ1v) is 10.2. The zero-order valence-corrected chi connectivity index (χ0v) is 17.8. The number of aromatic amines is 1. The Kier molecular flexibility index (Phi) is 8.24. The minimum absolute atomic E-state index is 0.102. The fourth-order valence-corrected chi connectivity index (χ4v) is 3.09. The average molecular weight is 401 g/mol. The molecule has 0 atom stereocenters. The number of benzene rings is 1. The number of aromatic nitrogens is 2. The predicted octanol–water partition coefficient (Wildman–Crippen LogP) is 3.48. The Balaban J connectivity index is 0.000000176. The first-order chi connectivity index (χ1) is 13.8. The number of carbonyl (C=O) groups excluding carboxylic acids is 2. The number of para-hydroxylation sites is 2. The molecule has 7 heteroatoms. The van der Waals surface area contributed by atoms with Gasteiger partial charge in [0.15, 0.2) is 5.69 Å². The van der Waals surface area contributed by atoms with E-state index in [0.717, 1.165) is 47.9 Å². The molecule has 2 aromatic rings. The first kappa shape index (κ1) is 22.5. The molecular formula is C22H32N4O3. The molecule has 2 heterocycles. The Bertz CT molecular complexity index is 826. The molecule has 2 amide bonds. The van der Waals surface area contributed by atoms with Crippen molar-refractivity contribution >= 4 is 17.5 Å². The van der Waals surface area contributed by atoms with Gasteiger partial charge in [0.05, 0.1) is 18.7 Å². The van der Waals surface area contributed by atoms with Crippen LogP contribution in [0.4, 0.5) is 5.69 Å². The van der Waals surface area contributed by atoms with Crippen LogP contribution in [-0.2, 0) is 17.6 Å². The second-order valence-electron chi connectivity index (χ2n) is 7.85. The van der Waals surface area contributed by atoms with Crippen molar-refractivity contribution in [3.05, 3.63) is 41.2 Å². The van der Waals surface area contributed by atoms with Crippen molar-refractivity contribution < 1.29 is 14.3 Å². The zero-order chi connectivity index (χ0) is 21.4. The molecule has 0 bridgehead atoms. The molecule has 1 aromatic carbocycles. The van der Waals surface area contributed by atoms with Gasteiger partial charge < -0.3 is 15.4 Å². The number of nitrogens with two attached hydrogens (primary N) is 1. The van der Waals surface area contributed by atoms with E-state index in [9.17, 15) is 9.59 Å². The van der Waals surface area contributed by atoms with Gasteiger partial charge in [-0.2, -0.15) is 5.10 Å². The highest BCUT2D eigenvalue weighted by atomic mass is 16.5. The number of fused-ring (bicyclic) bond motifs is 2. The minimum Gasteiger partial charge on any atom is -0.491 e. The fraction of sp³-hybridized carbons (Fsp3) is 0.500. The molecule has 2 aliphatic rings. The Morgan fingerprint density at radius 3 is 2.52 bits per heavy atom. The SMILES string of the molecule is CC(C)C.CN1C(=O)CCOc2ccccc21.NC(=O)c1n[nH]c2c1CCCC2. The number of aryl methyl sites for hydroxylation is 1. The molecule has 7 nitrogen and oxygen atoms in total. The van der Waals surface area contributed by atoms with Crippen LogP contribution in [0.1, 0.15) is 61.8 Å². The van der Waals surface area contributed by atoms with E-state index in [0.29, 0.717) is 18.7 Å². The molecule has 0 spiro atoms. The molecule has 1 aliphatic carbocycles. The third-order valence-corrected chi connectivity index (χ3v) is 4.46. The van der Waals surface area contributed by atoms with E-state index in [2.05, 4.69) is 31.0 Å². The van der Waals surface area contributed by atoms with Gasteiger partial charge in [-0.1, -0.05) is 32.9 Å². The number of nitrogens with one attached hydrogen (secondary N) is 1. The van der Waals surface area contributed by atoms with Gasteiger partial charge >= 0.3 is 0 Å². The molecule has 0 saturated heterocycles. The van der Waals surface area contributed by atoms with Crippen molar-refractivity contribution in [3.63, 3.8) is 0 Å². The van der Waals surface area contributed by atoms with Gasteiger partial charge in [0.2, 0.25) is 5.91 Å². The molecule has 1 aromatic heterocycles. The summed E-state index contributed by atoms with van der Waals surface area (Å²) in [6.45, 7) is 6.97. The first-order valence-electron chi connectivity index (χ1n) is 10.2. The topological polar surface area (TPSA) is 101 Å². The Hall–Kier alpha value is -2.83. The molecule has 0 saturated carbocycles. The van der Waals surface area contributed by atoms with Gasteiger partial charge in [0.25, 0.3) is 5.91 Å². The van der Waals surface area contributed by atoms with Gasteiger partial charge in [0, 0.05) is 18.3 Å². The fourth-order valence-electron chi connectivity index (χ4n) is 3.09. The standard InChI is InChI=1S/C10H11NO2.C8H11N3O.C4H10/c1-11-8-4-2-3-5-9(8)13-7-6-10(11)12;9-8(12)7-5-3-1-2-4-6(5)10-11-7;1-4(2)3/h2-5H,6-7H2,1H3;1-4H2,(H2,9,12)(H,10,11);4H,1-3H3. The quantitative estimate of drug-likeness (QED) is 0.765. The van der Waals surface area contributed by atoms with Crippen LogP contribution >= 0.6 is 0 Å². The van der Waals surface area contributed by atoms with Gasteiger partial charge in [-0.05, 0) is 43.7 Å². The maximum atomic E-state index is 11.4. The lowest BCUT2D eigenvalue weighted by atomic mass is 9.96. The number of primary amides is 1. The maximum Gasteiger partial charge on any atom is 0.269 e. The minimum atomic E-state index is -0.422. The number of anilines is 1. The van der Waals surface area contributed by atoms with Crippen LogP contribution in [0.3, 0.4) is 0 Å². The lowest BCUT2D eigenvalue weighted by Crippen LogP contribution is -2.24. The molecule has 1 aliphatic heterocycles. The molecule has 0 fully saturated rings. The van der Waals surface area contributed by atoms with Crippen molar-refractivity contribution in [1.29, 1.82) is 0 Å². The predicted molar refractivity (Wildman–Crippen MR) is 114 cm³/mol. The molecular weight excluding hydrogens is 368 g/mol. The van der Waals surface area contributed by atoms with Crippen LogP contribution in [0.15, 0.2) is 24.3 Å². The molecule has 0 unspecified atom stereocenters. The summed E-state index contributed by atoms with van der Waals surface area (Å²) in [4.78, 5) is 23.9. The normalized spacial score (nSPS) is 14.9. The smallest absolute Gasteiger partial charge is 0.269 e. The summed E-state index contributed by atoms with van der Waals surface area (Å²) in [5.74, 6) is 1.30. The highest BCUT2D eigenvalue weighted by Crippen LogP contribution is 2.29. The van der Waals surface area contributed by atoms with Crippen LogP contribution in [0.2, 0.25) is 0 Å². The lowest BCUT2D eigenvalue weighted by molar-refractivity contribution is -0.118. The van der Waals surface area contributed by atoms with Crippen LogP contribution in [0, 0.1) is 5.92 Å². The number of nitrogens with zero attached hydrogens (tertiary/aromatic N) is 2. The van der Waals surface area contributed by atoms with Gasteiger partial charge in [0.1, 0.15) is 5.75 Å². The number of rotatable bonds is 1. The van der Waals surface area contributed by atoms with Crippen molar-refractivity contribution in [2.75, 3.05) is 18.6 Å². The Labute approximate surface area is 172 Å². The zero-order valence-electron chi connectivity index (χ0n) is 17.8. The van der Waals surface area contributed by atoms with Crippen LogP contribution < -0.4 is 15.4 Å². The second kappa shape index (κ2) is 10.6. The lowest BCUT2D eigenvalue weighted by Gasteiger charge is -2.15. The number of hydrogen-bond acceptors (Lipinski definition) is 4. The number of hydrogen-bond donors (Lipinski definition) is 2. The number of amides is 2. The van der Waals surface area contributed by atoms with E-state index in [1.54, 1.807) is 11.9 Å². The summed E-state index contributed by atoms with van der Waals surface area (Å²) >= 11 is 0. The Morgan fingerprint density at radius 1 is 1.17 bits per heavy atom. The summed E-state index contributed by atoms with van der Waals surface area (Å²) in [5.41, 5.74) is 8.58. The van der Waals surface area contributed by atoms with Gasteiger partial charge in [-0.25, -0.2) is 0 Å². The van der Waals surface area contributed by atoms with Crippen molar-refractivity contribution in [2.24, 2.45) is 11.7 Å². The van der Waals surface area contributed by atoms with Crippen LogP contribution in [0.5, 0.6) is 5.75 Å². The van der Waals surface area contributed by atoms with E-state index in [4.69, 9.17) is 10.5 Å². The number of carbonyl (C=O) groups is 2. The Morgan fingerprint density at radius 2 is 1.83 bits per heavy atom. The molecule has 158 valence electrons. The van der Waals surface area contributed by atoms with E-state index in [1.807, 2.05) is 24.3 Å². The summed E-state index contributed by atoms with van der Waals surface area (Å²) in [7, 11) is 1.77. The highest BCUT2D eigenvalue weighted by Gasteiger charge is 2.19. The monoisotopic (exact) mass is 400 g/mol. The number of ether oxygens (including phenoxy) is 1. The van der Waals surface area contributed by atoms with Gasteiger partial charge in [-0.3, -0.25) is 14.7 Å². The van der Waals surface area contributed by atoms with E-state index in [1.165, 1.54) is 6.42 Å². The van der Waals surface area contributed by atoms with Crippen molar-refractivity contribution in [2.45, 2.75) is 52.9 Å². The van der Waals surface area contributed by atoms with Crippen LogP contribution in [0.25, 0.3) is 0 Å². The van der Waals surface area contributed by atoms with E-state index >= 15 is 0 Å². The van der Waals surface area contributed by atoms with Crippen molar-refractivity contribution in [1.82, 2.24) is 10.2 Å². The largest absolute Gasteiger partial charge is 0.491 e. The highest BCUT2D eigenvalue weighted by molar-refractivity contribution is 5.95. The molecule has 29 heavy (non-hydrogen) atoms. The molecule has 4 rings (SSSR count). The third-order valence-electron chi connectivity index (χ3n) is 4.46. The van der Waals surface area contributed by atoms with Crippen molar-refractivity contribution in [3.8, 4) is 5.75 Å². The summed E-state index contributed by atoms with van der Waals surface area (Å²) < 4.78 is 5.43. The summed E-state index contributed by atoms with van der Waals surface area (Å²) in [5, 5.41) is 6.75. The summed E-state index contributed by atoms with van der Waals surface area (Å²) in [6, 6.07) is 7.57. The maximum absolute atomic E-state index is 11.4. The number of H-pyrrole nitrogens is 1. The van der Waals surface area contributed by atoms with Crippen LogP contribution in [-0.4, -0.2) is 35.7 Å². The second-order valence-corrected chi connectivity index (χ2v) is 7.85. The van der Waals surface area contributed by atoms with Gasteiger partial charge in [-0.15, -0.1) is 0 Å².